The van der Waals surface area contributed by atoms with Crippen molar-refractivity contribution < 1.29 is 48.1 Å². The SMILES string of the molecule is C[C@H]1[C@H](C)CC[C@]2(C(=O)NCCCCCCOCCOCCOCCCCCC(=O)Nc3cccc4c3C(=O)N(C3CCC(=O)NC3=O)C4=O)CC[C@]3(C)C(=CC[C@@H]4[C@@]5(C)CC[C@H](O)C(C)(C)[C@@H]5CC[C@]43C)[C@H]12. The summed E-state index contributed by atoms with van der Waals surface area (Å²) in [5.74, 6) is 0.124. The van der Waals surface area contributed by atoms with Gasteiger partial charge in [0, 0.05) is 32.6 Å². The summed E-state index contributed by atoms with van der Waals surface area (Å²) >= 11 is 0. The second kappa shape index (κ2) is 22.7. The first kappa shape index (κ1) is 55.3. The highest BCUT2D eigenvalue weighted by atomic mass is 16.5. The molecule has 1 aromatic carbocycles. The molecule has 4 N–H and O–H groups in total. The van der Waals surface area contributed by atoms with Crippen molar-refractivity contribution in [2.75, 3.05) is 51.5 Å². The summed E-state index contributed by atoms with van der Waals surface area (Å²) in [5, 5.41) is 19.6. The van der Waals surface area contributed by atoms with Gasteiger partial charge in [-0.1, -0.05) is 85.4 Å². The van der Waals surface area contributed by atoms with E-state index in [2.05, 4.69) is 70.5 Å². The van der Waals surface area contributed by atoms with E-state index in [9.17, 15) is 33.9 Å². The number of anilines is 1. The number of hydrogen-bond acceptors (Lipinski definition) is 10. The Morgan fingerprint density at radius 2 is 1.44 bits per heavy atom. The van der Waals surface area contributed by atoms with Crippen molar-refractivity contribution in [3.05, 3.63) is 41.0 Å². The molecule has 6 amide bonds. The van der Waals surface area contributed by atoms with E-state index < -0.39 is 29.7 Å². The number of hydrogen-bond donors (Lipinski definition) is 4. The van der Waals surface area contributed by atoms with E-state index in [0.29, 0.717) is 81.6 Å². The van der Waals surface area contributed by atoms with Crippen molar-refractivity contribution in [2.24, 2.45) is 56.7 Å². The lowest BCUT2D eigenvalue weighted by atomic mass is 9.33. The highest BCUT2D eigenvalue weighted by molar-refractivity contribution is 6.26. The lowest BCUT2D eigenvalue weighted by molar-refractivity contribution is -0.204. The number of piperidine rings is 1. The number of ether oxygens (including phenoxy) is 3. The Kier molecular flexibility index (Phi) is 17.2. The summed E-state index contributed by atoms with van der Waals surface area (Å²) < 4.78 is 17.2. The Balaban J connectivity index is 0.660. The average molecular weight is 1010 g/mol. The molecular formula is C59H88N4O10. The van der Waals surface area contributed by atoms with Gasteiger partial charge in [0.1, 0.15) is 6.04 Å². The number of nitrogens with zero attached hydrogens (tertiary/aromatic N) is 1. The molecule has 1 aromatic rings. The van der Waals surface area contributed by atoms with Crippen LogP contribution in [0.15, 0.2) is 29.8 Å². The van der Waals surface area contributed by atoms with Crippen LogP contribution in [-0.4, -0.2) is 104 Å². The van der Waals surface area contributed by atoms with Crippen LogP contribution in [0.4, 0.5) is 5.69 Å². The van der Waals surface area contributed by atoms with Crippen LogP contribution in [0.1, 0.15) is 191 Å². The maximum atomic E-state index is 14.6. The van der Waals surface area contributed by atoms with E-state index >= 15 is 0 Å². The van der Waals surface area contributed by atoms with Crippen molar-refractivity contribution in [3.8, 4) is 0 Å². The van der Waals surface area contributed by atoms with Crippen molar-refractivity contribution in [2.45, 2.75) is 183 Å². The first-order valence-corrected chi connectivity index (χ1v) is 28.4. The number of nitrogens with one attached hydrogen (secondary N) is 3. The molecule has 14 heteroatoms. The number of unbranched alkanes of at least 4 members (excludes halogenated alkanes) is 5. The number of aliphatic hydroxyl groups excluding tert-OH is 1. The van der Waals surface area contributed by atoms with E-state index in [-0.39, 0.29) is 75.2 Å². The van der Waals surface area contributed by atoms with Gasteiger partial charge in [-0.2, -0.15) is 0 Å². The maximum Gasteiger partial charge on any atom is 0.264 e. The highest BCUT2D eigenvalue weighted by Crippen LogP contribution is 2.75. The lowest BCUT2D eigenvalue weighted by Crippen LogP contribution is -2.66. The van der Waals surface area contributed by atoms with Crippen LogP contribution in [0.5, 0.6) is 0 Å². The number of rotatable bonds is 22. The van der Waals surface area contributed by atoms with Crippen LogP contribution in [0.2, 0.25) is 0 Å². The zero-order chi connectivity index (χ0) is 52.3. The average Bonchev–Trinajstić information content (AvgIpc) is 3.60. The van der Waals surface area contributed by atoms with Crippen molar-refractivity contribution in [1.82, 2.24) is 15.5 Å². The standard InChI is InChI=1S/C59H88N4O10/c1-38-23-28-59(30-29-57(6)41(50(59)39(38)2)19-21-45-56(5)26-25-46(64)55(3,4)44(56)24-27-58(45,57)7)54(70)60-31-12-8-9-13-32-71-34-36-73-37-35-72-33-14-10-11-18-47(65)61-42-17-15-16-40-49(42)53(69)63(52(40)68)43-20-22-48(66)62-51(43)67/h15-17,19,38-39,43-46,50,64H,8-14,18,20-37H2,1-7H3,(H,60,70)(H,61,65)(H,62,66,67)/t38-,39+,43?,44+,45-,46+,50+,56+,57-,58-,59+/m1/s1. The number of aliphatic hydroxyl groups is 1. The first-order chi connectivity index (χ1) is 34.8. The van der Waals surface area contributed by atoms with Gasteiger partial charge < -0.3 is 30.0 Å². The number of benzene rings is 1. The molecule has 1 saturated heterocycles. The Morgan fingerprint density at radius 3 is 2.15 bits per heavy atom. The molecule has 5 aliphatic carbocycles. The normalized spacial score (nSPS) is 34.4. The predicted molar refractivity (Wildman–Crippen MR) is 279 cm³/mol. The number of imide groups is 2. The van der Waals surface area contributed by atoms with E-state index in [1.54, 1.807) is 17.7 Å². The van der Waals surface area contributed by atoms with Gasteiger partial charge in [-0.3, -0.25) is 39.0 Å². The van der Waals surface area contributed by atoms with Crippen LogP contribution < -0.4 is 16.0 Å². The Labute approximate surface area is 435 Å². The van der Waals surface area contributed by atoms with E-state index in [1.807, 2.05) is 0 Å². The van der Waals surface area contributed by atoms with Gasteiger partial charge in [-0.15, -0.1) is 0 Å². The fourth-order valence-electron chi connectivity index (χ4n) is 16.0. The number of carbonyl (C=O) groups excluding carboxylic acids is 6. The number of allylic oxidation sites excluding steroid dienone is 2. The third-order valence-electron chi connectivity index (χ3n) is 20.6. The summed E-state index contributed by atoms with van der Waals surface area (Å²) in [4.78, 5) is 78.6. The molecule has 0 spiro atoms. The van der Waals surface area contributed by atoms with Crippen LogP contribution in [0, 0.1) is 56.7 Å². The van der Waals surface area contributed by atoms with E-state index in [4.69, 9.17) is 14.2 Å². The molecule has 1 unspecified atom stereocenters. The van der Waals surface area contributed by atoms with Crippen LogP contribution in [0.25, 0.3) is 0 Å². The first-order valence-electron chi connectivity index (χ1n) is 28.4. The van der Waals surface area contributed by atoms with Gasteiger partial charge in [0.05, 0.1) is 54.8 Å². The largest absolute Gasteiger partial charge is 0.393 e. The van der Waals surface area contributed by atoms with Crippen LogP contribution >= 0.6 is 0 Å². The second-order valence-corrected chi connectivity index (χ2v) is 24.7. The molecule has 5 fully saturated rings. The summed E-state index contributed by atoms with van der Waals surface area (Å²) in [7, 11) is 0. The van der Waals surface area contributed by atoms with E-state index in [0.717, 1.165) is 94.9 Å². The molecule has 14 nitrogen and oxygen atoms in total. The van der Waals surface area contributed by atoms with Gasteiger partial charge in [-0.05, 0) is 153 Å². The maximum absolute atomic E-state index is 14.6. The molecule has 73 heavy (non-hydrogen) atoms. The second-order valence-electron chi connectivity index (χ2n) is 24.7. The lowest BCUT2D eigenvalue weighted by Gasteiger charge is -2.71. The highest BCUT2D eigenvalue weighted by Gasteiger charge is 2.69. The van der Waals surface area contributed by atoms with Gasteiger partial charge >= 0.3 is 0 Å². The minimum atomic E-state index is -1.07. The third-order valence-corrected chi connectivity index (χ3v) is 20.6. The molecule has 0 bridgehead atoms. The monoisotopic (exact) mass is 1010 g/mol. The molecule has 4 saturated carbocycles. The molecule has 0 radical (unpaired) electrons. The molecule has 8 rings (SSSR count). The summed E-state index contributed by atoms with van der Waals surface area (Å²) in [6, 6.07) is 3.57. The number of amides is 6. The van der Waals surface area contributed by atoms with Gasteiger partial charge in [0.15, 0.2) is 0 Å². The van der Waals surface area contributed by atoms with Crippen LogP contribution in [-0.2, 0) is 33.4 Å². The molecule has 404 valence electrons. The smallest absolute Gasteiger partial charge is 0.264 e. The fraction of sp³-hybridized carbons (Fsp3) is 0.763. The molecule has 2 heterocycles. The minimum Gasteiger partial charge on any atom is -0.393 e. The Morgan fingerprint density at radius 1 is 0.753 bits per heavy atom. The van der Waals surface area contributed by atoms with Crippen LogP contribution in [0.3, 0.4) is 0 Å². The molecule has 7 aliphatic rings. The zero-order valence-corrected chi connectivity index (χ0v) is 45.3. The number of carbonyl (C=O) groups is 6. The fourth-order valence-corrected chi connectivity index (χ4v) is 16.0. The van der Waals surface area contributed by atoms with Gasteiger partial charge in [-0.25, -0.2) is 0 Å². The van der Waals surface area contributed by atoms with Gasteiger partial charge in [0.25, 0.3) is 11.8 Å². The van der Waals surface area contributed by atoms with E-state index in [1.165, 1.54) is 18.9 Å². The Bertz CT molecular complexity index is 2260. The van der Waals surface area contributed by atoms with Gasteiger partial charge in [0.2, 0.25) is 23.6 Å². The van der Waals surface area contributed by atoms with Crippen molar-refractivity contribution >= 4 is 41.1 Å². The molecule has 0 aromatic heterocycles. The summed E-state index contributed by atoms with van der Waals surface area (Å²) in [6.45, 7) is 21.3. The molecule has 11 atom stereocenters. The Hall–Kier alpha value is -3.98. The summed E-state index contributed by atoms with van der Waals surface area (Å²) in [5.41, 5.74) is 2.14. The quantitative estimate of drug-likeness (QED) is 0.0495. The summed E-state index contributed by atoms with van der Waals surface area (Å²) in [6.07, 6.45) is 18.7. The topological polar surface area (TPSA) is 190 Å². The van der Waals surface area contributed by atoms with Crippen molar-refractivity contribution in [1.29, 1.82) is 0 Å². The number of fused-ring (bicyclic) bond motifs is 8. The molecule has 2 aliphatic heterocycles. The minimum absolute atomic E-state index is 0.0315. The zero-order valence-electron chi connectivity index (χ0n) is 45.3. The predicted octanol–water partition coefficient (Wildman–Crippen LogP) is 9.33. The third kappa shape index (κ3) is 10.5. The van der Waals surface area contributed by atoms with Crippen molar-refractivity contribution in [3.63, 3.8) is 0 Å². The molecular weight excluding hydrogens is 925 g/mol.